The Labute approximate surface area is 198 Å². The zero-order valence-corrected chi connectivity index (χ0v) is 19.7. The normalized spacial score (nSPS) is 11.6. The van der Waals surface area contributed by atoms with Crippen LogP contribution < -0.4 is 10.6 Å². The minimum absolute atomic E-state index is 0.306. The summed E-state index contributed by atoms with van der Waals surface area (Å²) in [5.41, 5.74) is 1.90. The Balaban J connectivity index is 1.70. The quantitative estimate of drug-likeness (QED) is 0.388. The van der Waals surface area contributed by atoms with E-state index in [2.05, 4.69) is 25.3 Å². The number of hydrogen-bond donors (Lipinski definition) is 3. The molecule has 2 aromatic heterocycles. The second-order valence-corrected chi connectivity index (χ2v) is 8.86. The molecule has 0 spiro atoms. The average molecular weight is 493 g/mol. The molecule has 1 unspecified atom stereocenters. The molecule has 0 radical (unpaired) electrons. The number of anilines is 1. The number of carbonyl (C=O) groups is 3. The van der Waals surface area contributed by atoms with Crippen molar-refractivity contribution >= 4 is 57.6 Å². The molecule has 2 amide bonds. The second kappa shape index (κ2) is 11.2. The molecule has 0 bridgehead atoms. The molecular weight excluding hydrogens is 472 g/mol. The molecule has 0 fully saturated rings. The maximum atomic E-state index is 12.9. The van der Waals surface area contributed by atoms with Crippen LogP contribution in [0.4, 0.5) is 5.13 Å². The number of thiazole rings is 1. The molecule has 32 heavy (non-hydrogen) atoms. The van der Waals surface area contributed by atoms with E-state index in [4.69, 9.17) is 11.6 Å². The van der Waals surface area contributed by atoms with Gasteiger partial charge in [-0.25, -0.2) is 9.78 Å². The van der Waals surface area contributed by atoms with Crippen molar-refractivity contribution in [2.24, 2.45) is 0 Å². The standard InChI is InChI=1S/C21H21ClN4O4S2/c1-30-20(29)16-9-12(10-23-16)17-11-32-21(25-17)26-19(28)15(7-8-31-2)24-18(27)13-5-3-4-6-14(13)22/h3-6,9-11,15,23H,7-8H2,1-2H3,(H,24,27)(H,25,26,28). The molecule has 0 saturated carbocycles. The van der Waals surface area contributed by atoms with Crippen molar-refractivity contribution in [2.45, 2.75) is 12.5 Å². The van der Waals surface area contributed by atoms with Gasteiger partial charge in [0.15, 0.2) is 5.13 Å². The van der Waals surface area contributed by atoms with Crippen LogP contribution in [-0.4, -0.2) is 52.9 Å². The molecule has 0 saturated heterocycles. The number of halogens is 1. The van der Waals surface area contributed by atoms with Gasteiger partial charge >= 0.3 is 5.97 Å². The largest absolute Gasteiger partial charge is 0.464 e. The van der Waals surface area contributed by atoms with Crippen LogP contribution in [0, 0.1) is 0 Å². The van der Waals surface area contributed by atoms with E-state index in [1.165, 1.54) is 18.4 Å². The number of benzene rings is 1. The fourth-order valence-electron chi connectivity index (χ4n) is 2.81. The highest BCUT2D eigenvalue weighted by Gasteiger charge is 2.23. The number of H-pyrrole nitrogens is 1. The summed E-state index contributed by atoms with van der Waals surface area (Å²) in [5.74, 6) is -0.584. The van der Waals surface area contributed by atoms with Gasteiger partial charge in [-0.1, -0.05) is 23.7 Å². The third-order valence-corrected chi connectivity index (χ3v) is 6.20. The summed E-state index contributed by atoms with van der Waals surface area (Å²) < 4.78 is 4.68. The molecule has 11 heteroatoms. The van der Waals surface area contributed by atoms with E-state index in [0.29, 0.717) is 44.8 Å². The number of nitrogens with zero attached hydrogens (tertiary/aromatic N) is 1. The SMILES string of the molecule is COC(=O)c1cc(-c2csc(NC(=O)C(CCSC)NC(=O)c3ccccc3Cl)n2)c[nH]1. The zero-order valence-electron chi connectivity index (χ0n) is 17.3. The van der Waals surface area contributed by atoms with Gasteiger partial charge in [0.25, 0.3) is 5.91 Å². The molecule has 2 heterocycles. The first-order chi connectivity index (χ1) is 15.4. The highest BCUT2D eigenvalue weighted by molar-refractivity contribution is 7.98. The van der Waals surface area contributed by atoms with Crippen molar-refractivity contribution in [1.29, 1.82) is 0 Å². The lowest BCUT2D eigenvalue weighted by atomic mass is 10.1. The predicted octanol–water partition coefficient (Wildman–Crippen LogP) is 4.07. The molecule has 0 aliphatic heterocycles. The van der Waals surface area contributed by atoms with Gasteiger partial charge in [0.1, 0.15) is 11.7 Å². The molecule has 0 aliphatic carbocycles. The Morgan fingerprint density at radius 3 is 2.81 bits per heavy atom. The minimum Gasteiger partial charge on any atom is -0.464 e. The van der Waals surface area contributed by atoms with Crippen molar-refractivity contribution < 1.29 is 19.1 Å². The van der Waals surface area contributed by atoms with E-state index in [9.17, 15) is 14.4 Å². The van der Waals surface area contributed by atoms with E-state index in [1.54, 1.807) is 53.7 Å². The third kappa shape index (κ3) is 5.90. The van der Waals surface area contributed by atoms with Crippen LogP contribution in [0.2, 0.25) is 5.02 Å². The van der Waals surface area contributed by atoms with Gasteiger partial charge in [0.2, 0.25) is 5.91 Å². The number of carbonyl (C=O) groups excluding carboxylic acids is 3. The molecular formula is C21H21ClN4O4S2. The first kappa shape index (κ1) is 23.8. The minimum atomic E-state index is -0.753. The fraction of sp³-hybridized carbons (Fsp3) is 0.238. The Morgan fingerprint density at radius 2 is 2.09 bits per heavy atom. The van der Waals surface area contributed by atoms with Gasteiger partial charge in [-0.3, -0.25) is 9.59 Å². The lowest BCUT2D eigenvalue weighted by Crippen LogP contribution is -2.44. The Kier molecular flexibility index (Phi) is 8.32. The molecule has 1 atom stereocenters. The second-order valence-electron chi connectivity index (χ2n) is 6.61. The number of thioether (sulfide) groups is 1. The Hall–Kier alpha value is -2.82. The van der Waals surface area contributed by atoms with E-state index < -0.39 is 17.9 Å². The van der Waals surface area contributed by atoms with Gasteiger partial charge in [-0.05, 0) is 36.6 Å². The van der Waals surface area contributed by atoms with Gasteiger partial charge < -0.3 is 20.4 Å². The van der Waals surface area contributed by atoms with Crippen molar-refractivity contribution in [3.05, 3.63) is 58.2 Å². The first-order valence-electron chi connectivity index (χ1n) is 9.50. The summed E-state index contributed by atoms with van der Waals surface area (Å²) in [6.45, 7) is 0. The summed E-state index contributed by atoms with van der Waals surface area (Å²) in [4.78, 5) is 44.4. The maximum Gasteiger partial charge on any atom is 0.354 e. The number of amides is 2. The van der Waals surface area contributed by atoms with Gasteiger partial charge in [0, 0.05) is 17.1 Å². The molecule has 1 aromatic carbocycles. The van der Waals surface area contributed by atoms with Crippen LogP contribution in [0.1, 0.15) is 27.3 Å². The lowest BCUT2D eigenvalue weighted by molar-refractivity contribution is -0.118. The highest BCUT2D eigenvalue weighted by atomic mass is 35.5. The van der Waals surface area contributed by atoms with Gasteiger partial charge in [0.05, 0.1) is 23.4 Å². The Morgan fingerprint density at radius 1 is 1.31 bits per heavy atom. The van der Waals surface area contributed by atoms with Crippen LogP contribution in [0.3, 0.4) is 0 Å². The molecule has 3 aromatic rings. The number of hydrogen-bond acceptors (Lipinski definition) is 7. The molecule has 0 aliphatic rings. The fourth-order valence-corrected chi connectivity index (χ4v) is 4.23. The van der Waals surface area contributed by atoms with Crippen molar-refractivity contribution in [3.8, 4) is 11.3 Å². The molecule has 3 N–H and O–H groups in total. The molecule has 3 rings (SSSR count). The lowest BCUT2D eigenvalue weighted by Gasteiger charge is -2.17. The summed E-state index contributed by atoms with van der Waals surface area (Å²) >= 11 is 8.92. The van der Waals surface area contributed by atoms with Crippen LogP contribution in [0.5, 0.6) is 0 Å². The number of aromatic nitrogens is 2. The zero-order chi connectivity index (χ0) is 23.1. The first-order valence-corrected chi connectivity index (χ1v) is 12.2. The van der Waals surface area contributed by atoms with E-state index in [0.717, 1.165) is 0 Å². The maximum absolute atomic E-state index is 12.9. The predicted molar refractivity (Wildman–Crippen MR) is 128 cm³/mol. The van der Waals surface area contributed by atoms with Crippen molar-refractivity contribution in [1.82, 2.24) is 15.3 Å². The number of methoxy groups -OCH3 is 1. The number of aromatic amines is 1. The van der Waals surface area contributed by atoms with Crippen molar-refractivity contribution in [2.75, 3.05) is 24.4 Å². The monoisotopic (exact) mass is 492 g/mol. The summed E-state index contributed by atoms with van der Waals surface area (Å²) in [6, 6.07) is 7.54. The van der Waals surface area contributed by atoms with Crippen molar-refractivity contribution in [3.63, 3.8) is 0 Å². The summed E-state index contributed by atoms with van der Waals surface area (Å²) in [7, 11) is 1.30. The van der Waals surface area contributed by atoms with Crippen LogP contribution in [-0.2, 0) is 9.53 Å². The molecule has 168 valence electrons. The van der Waals surface area contributed by atoms with Crippen LogP contribution in [0.25, 0.3) is 11.3 Å². The van der Waals surface area contributed by atoms with Crippen LogP contribution >= 0.6 is 34.7 Å². The average Bonchev–Trinajstić information content (AvgIpc) is 3.46. The number of rotatable bonds is 9. The topological polar surface area (TPSA) is 113 Å². The summed E-state index contributed by atoms with van der Waals surface area (Å²) in [6.07, 6.45) is 4.01. The highest BCUT2D eigenvalue weighted by Crippen LogP contribution is 2.26. The van der Waals surface area contributed by atoms with E-state index >= 15 is 0 Å². The molecule has 8 nitrogen and oxygen atoms in total. The number of esters is 1. The van der Waals surface area contributed by atoms with E-state index in [-0.39, 0.29) is 5.91 Å². The van der Waals surface area contributed by atoms with Gasteiger partial charge in [-0.15, -0.1) is 11.3 Å². The van der Waals surface area contributed by atoms with E-state index in [1.807, 2.05) is 6.26 Å². The van der Waals surface area contributed by atoms with Crippen LogP contribution in [0.15, 0.2) is 41.9 Å². The smallest absolute Gasteiger partial charge is 0.354 e. The third-order valence-electron chi connectivity index (χ3n) is 4.47. The number of ether oxygens (including phenoxy) is 1. The van der Waals surface area contributed by atoms with Gasteiger partial charge in [-0.2, -0.15) is 11.8 Å². The number of nitrogens with one attached hydrogen (secondary N) is 3. The Bertz CT molecular complexity index is 1110. The summed E-state index contributed by atoms with van der Waals surface area (Å²) in [5, 5.41) is 7.98.